The molecular formula is C12H25N3O. The van der Waals surface area contributed by atoms with E-state index < -0.39 is 5.54 Å². The van der Waals surface area contributed by atoms with Gasteiger partial charge in [0.25, 0.3) is 0 Å². The highest BCUT2D eigenvalue weighted by Gasteiger charge is 2.26. The maximum atomic E-state index is 11.8. The summed E-state index contributed by atoms with van der Waals surface area (Å²) >= 11 is 0. The largest absolute Gasteiger partial charge is 0.353 e. The van der Waals surface area contributed by atoms with Crippen LogP contribution >= 0.6 is 0 Å². The fourth-order valence-electron chi connectivity index (χ4n) is 1.91. The van der Waals surface area contributed by atoms with Gasteiger partial charge in [-0.3, -0.25) is 9.69 Å². The van der Waals surface area contributed by atoms with Gasteiger partial charge in [-0.1, -0.05) is 6.92 Å². The molecule has 0 saturated carbocycles. The van der Waals surface area contributed by atoms with E-state index in [4.69, 9.17) is 5.73 Å². The Morgan fingerprint density at radius 3 is 2.56 bits per heavy atom. The van der Waals surface area contributed by atoms with Crippen LogP contribution in [0.1, 0.15) is 40.0 Å². The van der Waals surface area contributed by atoms with E-state index in [1.807, 2.05) is 6.92 Å². The minimum absolute atomic E-state index is 0.0407. The Balaban J connectivity index is 2.30. The molecular weight excluding hydrogens is 202 g/mol. The lowest BCUT2D eigenvalue weighted by atomic mass is 9.99. The van der Waals surface area contributed by atoms with Crippen LogP contribution in [-0.2, 0) is 4.79 Å². The number of rotatable bonds is 5. The Morgan fingerprint density at radius 2 is 2.06 bits per heavy atom. The van der Waals surface area contributed by atoms with Gasteiger partial charge in [0, 0.05) is 12.6 Å². The van der Waals surface area contributed by atoms with Gasteiger partial charge in [0.1, 0.15) is 0 Å². The van der Waals surface area contributed by atoms with Crippen molar-refractivity contribution in [2.45, 2.75) is 51.6 Å². The molecule has 1 heterocycles. The molecule has 0 aromatic carbocycles. The highest BCUT2D eigenvalue weighted by atomic mass is 16.2. The number of nitrogens with two attached hydrogens (primary N) is 1. The van der Waals surface area contributed by atoms with Gasteiger partial charge in [0.2, 0.25) is 5.91 Å². The molecule has 1 amide bonds. The van der Waals surface area contributed by atoms with E-state index >= 15 is 0 Å². The van der Waals surface area contributed by atoms with Gasteiger partial charge >= 0.3 is 0 Å². The van der Waals surface area contributed by atoms with Crippen molar-refractivity contribution < 1.29 is 4.79 Å². The molecule has 2 unspecified atom stereocenters. The lowest BCUT2D eigenvalue weighted by molar-refractivity contribution is -0.126. The SMILES string of the molecule is CCC(C)(N)C(=O)NCC(C)N1CCCC1. The molecule has 4 heteroatoms. The first kappa shape index (κ1) is 13.5. The number of amides is 1. The Hall–Kier alpha value is -0.610. The highest BCUT2D eigenvalue weighted by molar-refractivity contribution is 5.85. The second kappa shape index (κ2) is 5.64. The number of hydrogen-bond acceptors (Lipinski definition) is 3. The first-order valence-electron chi connectivity index (χ1n) is 6.28. The monoisotopic (exact) mass is 227 g/mol. The number of carbonyl (C=O) groups excluding carboxylic acids is 1. The lowest BCUT2D eigenvalue weighted by Crippen LogP contribution is -2.53. The summed E-state index contributed by atoms with van der Waals surface area (Å²) in [6.07, 6.45) is 3.22. The van der Waals surface area contributed by atoms with E-state index in [0.29, 0.717) is 19.0 Å². The molecule has 1 fully saturated rings. The number of carbonyl (C=O) groups is 1. The maximum absolute atomic E-state index is 11.8. The van der Waals surface area contributed by atoms with Crippen molar-refractivity contribution in [3.8, 4) is 0 Å². The molecule has 3 N–H and O–H groups in total. The van der Waals surface area contributed by atoms with Crippen LogP contribution in [0.25, 0.3) is 0 Å². The zero-order chi connectivity index (χ0) is 12.2. The minimum atomic E-state index is -0.731. The molecule has 0 aromatic rings. The maximum Gasteiger partial charge on any atom is 0.239 e. The van der Waals surface area contributed by atoms with Crippen LogP contribution in [0.5, 0.6) is 0 Å². The van der Waals surface area contributed by atoms with Crippen molar-refractivity contribution >= 4 is 5.91 Å². The summed E-state index contributed by atoms with van der Waals surface area (Å²) in [7, 11) is 0. The Bertz CT molecular complexity index is 234. The quantitative estimate of drug-likeness (QED) is 0.727. The standard InChI is InChI=1S/C12H25N3O/c1-4-12(3,13)11(16)14-9-10(2)15-7-5-6-8-15/h10H,4-9,13H2,1-3H3,(H,14,16). The summed E-state index contributed by atoms with van der Waals surface area (Å²) in [5.41, 5.74) is 5.14. The zero-order valence-corrected chi connectivity index (χ0v) is 10.8. The summed E-state index contributed by atoms with van der Waals surface area (Å²) < 4.78 is 0. The predicted octanol–water partition coefficient (Wildman–Crippen LogP) is 0.714. The fourth-order valence-corrected chi connectivity index (χ4v) is 1.91. The van der Waals surface area contributed by atoms with Crippen LogP contribution in [0.3, 0.4) is 0 Å². The highest BCUT2D eigenvalue weighted by Crippen LogP contribution is 2.11. The van der Waals surface area contributed by atoms with Crippen LogP contribution in [0, 0.1) is 0 Å². The van der Waals surface area contributed by atoms with Crippen molar-refractivity contribution in [1.29, 1.82) is 0 Å². The summed E-state index contributed by atoms with van der Waals surface area (Å²) in [6, 6.07) is 0.416. The lowest BCUT2D eigenvalue weighted by Gasteiger charge is -2.27. The van der Waals surface area contributed by atoms with Gasteiger partial charge in [-0.05, 0) is 46.2 Å². The van der Waals surface area contributed by atoms with Crippen LogP contribution in [0.4, 0.5) is 0 Å². The minimum Gasteiger partial charge on any atom is -0.353 e. The first-order chi connectivity index (χ1) is 7.47. The Labute approximate surface area is 98.6 Å². The van der Waals surface area contributed by atoms with Crippen molar-refractivity contribution in [1.82, 2.24) is 10.2 Å². The second-order valence-corrected chi connectivity index (χ2v) is 5.07. The zero-order valence-electron chi connectivity index (χ0n) is 10.8. The summed E-state index contributed by atoms with van der Waals surface area (Å²) in [4.78, 5) is 14.2. The van der Waals surface area contributed by atoms with Crippen LogP contribution < -0.4 is 11.1 Å². The average Bonchev–Trinajstić information content (AvgIpc) is 2.78. The van der Waals surface area contributed by atoms with E-state index in [2.05, 4.69) is 17.1 Å². The fraction of sp³-hybridized carbons (Fsp3) is 0.917. The number of likely N-dealkylation sites (tertiary alicyclic amines) is 1. The molecule has 1 rings (SSSR count). The first-order valence-corrected chi connectivity index (χ1v) is 6.28. The van der Waals surface area contributed by atoms with Crippen molar-refractivity contribution in [2.24, 2.45) is 5.73 Å². The summed E-state index contributed by atoms with van der Waals surface area (Å²) in [6.45, 7) is 8.89. The molecule has 0 bridgehead atoms. The number of nitrogens with one attached hydrogen (secondary N) is 1. The molecule has 0 aliphatic carbocycles. The predicted molar refractivity (Wildman–Crippen MR) is 66.2 cm³/mol. The summed E-state index contributed by atoms with van der Waals surface area (Å²) in [5, 5.41) is 2.94. The third-order valence-corrected chi connectivity index (χ3v) is 3.58. The topological polar surface area (TPSA) is 58.4 Å². The molecule has 94 valence electrons. The Kier molecular flexibility index (Phi) is 4.74. The molecule has 1 aliphatic rings. The van der Waals surface area contributed by atoms with Gasteiger partial charge in [-0.25, -0.2) is 0 Å². The van der Waals surface area contributed by atoms with Crippen LogP contribution in [0.15, 0.2) is 0 Å². The number of nitrogens with zero attached hydrogens (tertiary/aromatic N) is 1. The Morgan fingerprint density at radius 1 is 1.50 bits per heavy atom. The summed E-state index contributed by atoms with van der Waals surface area (Å²) in [5.74, 6) is -0.0407. The molecule has 16 heavy (non-hydrogen) atoms. The van der Waals surface area contributed by atoms with Crippen molar-refractivity contribution in [2.75, 3.05) is 19.6 Å². The molecule has 2 atom stereocenters. The van der Waals surface area contributed by atoms with E-state index in [1.165, 1.54) is 12.8 Å². The van der Waals surface area contributed by atoms with Gasteiger partial charge in [-0.2, -0.15) is 0 Å². The molecule has 0 spiro atoms. The van der Waals surface area contributed by atoms with Crippen molar-refractivity contribution in [3.63, 3.8) is 0 Å². The van der Waals surface area contributed by atoms with E-state index in [1.54, 1.807) is 6.92 Å². The molecule has 1 aliphatic heterocycles. The number of hydrogen-bond donors (Lipinski definition) is 2. The second-order valence-electron chi connectivity index (χ2n) is 5.07. The molecule has 4 nitrogen and oxygen atoms in total. The molecule has 0 radical (unpaired) electrons. The third-order valence-electron chi connectivity index (χ3n) is 3.58. The van der Waals surface area contributed by atoms with Gasteiger partial charge in [-0.15, -0.1) is 0 Å². The van der Waals surface area contributed by atoms with E-state index in [9.17, 15) is 4.79 Å². The van der Waals surface area contributed by atoms with E-state index in [0.717, 1.165) is 13.1 Å². The molecule has 1 saturated heterocycles. The molecule has 0 aromatic heterocycles. The van der Waals surface area contributed by atoms with Gasteiger partial charge < -0.3 is 11.1 Å². The normalized spacial score (nSPS) is 22.8. The van der Waals surface area contributed by atoms with E-state index in [-0.39, 0.29) is 5.91 Å². The average molecular weight is 227 g/mol. The van der Waals surface area contributed by atoms with Crippen LogP contribution in [-0.4, -0.2) is 42.0 Å². The van der Waals surface area contributed by atoms with Crippen LogP contribution in [0.2, 0.25) is 0 Å². The van der Waals surface area contributed by atoms with Gasteiger partial charge in [0.05, 0.1) is 5.54 Å². The van der Waals surface area contributed by atoms with Gasteiger partial charge in [0.15, 0.2) is 0 Å². The smallest absolute Gasteiger partial charge is 0.239 e. The van der Waals surface area contributed by atoms with Crippen molar-refractivity contribution in [3.05, 3.63) is 0 Å². The third kappa shape index (κ3) is 3.46.